The van der Waals surface area contributed by atoms with Crippen LogP contribution in [-0.2, 0) is 9.59 Å². The van der Waals surface area contributed by atoms with Gasteiger partial charge in [-0.25, -0.2) is 0 Å². The SMILES string of the molecule is Cc1cccc(NC(=O)CNC(=O)CN(C(=O)c2cccnc2)C2CC2)c1. The van der Waals surface area contributed by atoms with Crippen LogP contribution in [0.3, 0.4) is 0 Å². The first-order valence-corrected chi connectivity index (χ1v) is 8.87. The quantitative estimate of drug-likeness (QED) is 0.781. The number of aromatic nitrogens is 1. The standard InChI is InChI=1S/C20H22N4O3/c1-14-4-2-6-16(10-14)23-18(25)12-22-19(26)13-24(17-7-8-17)20(27)15-5-3-9-21-11-15/h2-6,9-11,17H,7-8,12-13H2,1H3,(H,22,26)(H,23,25). The summed E-state index contributed by atoms with van der Waals surface area (Å²) in [7, 11) is 0. The number of rotatable bonds is 7. The lowest BCUT2D eigenvalue weighted by atomic mass is 10.2. The summed E-state index contributed by atoms with van der Waals surface area (Å²) in [6, 6.07) is 10.9. The van der Waals surface area contributed by atoms with Crippen molar-refractivity contribution in [3.05, 3.63) is 59.9 Å². The number of hydrogen-bond donors (Lipinski definition) is 2. The van der Waals surface area contributed by atoms with Gasteiger partial charge in [0.05, 0.1) is 12.1 Å². The zero-order valence-electron chi connectivity index (χ0n) is 15.1. The molecular formula is C20H22N4O3. The third-order valence-electron chi connectivity index (χ3n) is 4.22. The normalized spacial score (nSPS) is 12.9. The maximum Gasteiger partial charge on any atom is 0.256 e. The number of pyridine rings is 1. The number of amides is 3. The van der Waals surface area contributed by atoms with Crippen LogP contribution in [0.15, 0.2) is 48.8 Å². The van der Waals surface area contributed by atoms with E-state index in [4.69, 9.17) is 0 Å². The van der Waals surface area contributed by atoms with E-state index < -0.39 is 0 Å². The lowest BCUT2D eigenvalue weighted by molar-refractivity contribution is -0.124. The Bertz CT molecular complexity index is 834. The summed E-state index contributed by atoms with van der Waals surface area (Å²) >= 11 is 0. The average Bonchev–Trinajstić information content (AvgIpc) is 3.50. The molecule has 7 heteroatoms. The smallest absolute Gasteiger partial charge is 0.256 e. The van der Waals surface area contributed by atoms with E-state index in [-0.39, 0.29) is 36.9 Å². The Morgan fingerprint density at radius 3 is 2.63 bits per heavy atom. The molecule has 2 N–H and O–H groups in total. The van der Waals surface area contributed by atoms with Gasteiger partial charge in [-0.2, -0.15) is 0 Å². The molecular weight excluding hydrogens is 344 g/mol. The highest BCUT2D eigenvalue weighted by Crippen LogP contribution is 2.27. The first kappa shape index (κ1) is 18.6. The van der Waals surface area contributed by atoms with Crippen LogP contribution < -0.4 is 10.6 Å². The summed E-state index contributed by atoms with van der Waals surface area (Å²) in [5.41, 5.74) is 2.17. The fourth-order valence-electron chi connectivity index (χ4n) is 2.73. The Balaban J connectivity index is 1.51. The summed E-state index contributed by atoms with van der Waals surface area (Å²) in [6.07, 6.45) is 4.85. The Labute approximate surface area is 157 Å². The van der Waals surface area contributed by atoms with Gasteiger partial charge in [0, 0.05) is 24.1 Å². The molecule has 0 aliphatic heterocycles. The van der Waals surface area contributed by atoms with Crippen molar-refractivity contribution in [2.45, 2.75) is 25.8 Å². The monoisotopic (exact) mass is 366 g/mol. The fraction of sp³-hybridized carbons (Fsp3) is 0.300. The van der Waals surface area contributed by atoms with E-state index in [0.29, 0.717) is 11.3 Å². The van der Waals surface area contributed by atoms with Crippen molar-refractivity contribution in [2.75, 3.05) is 18.4 Å². The molecule has 1 aromatic heterocycles. The van der Waals surface area contributed by atoms with Gasteiger partial charge in [-0.3, -0.25) is 19.4 Å². The largest absolute Gasteiger partial charge is 0.345 e. The molecule has 7 nitrogen and oxygen atoms in total. The summed E-state index contributed by atoms with van der Waals surface area (Å²) in [5, 5.41) is 5.31. The van der Waals surface area contributed by atoms with E-state index in [1.54, 1.807) is 29.3 Å². The van der Waals surface area contributed by atoms with Crippen LogP contribution in [0.5, 0.6) is 0 Å². The third kappa shape index (κ3) is 5.37. The zero-order valence-corrected chi connectivity index (χ0v) is 15.1. The Kier molecular flexibility index (Phi) is 5.80. The second-order valence-corrected chi connectivity index (χ2v) is 6.60. The highest BCUT2D eigenvalue weighted by Gasteiger charge is 2.34. The van der Waals surface area contributed by atoms with Gasteiger partial charge in [0.25, 0.3) is 5.91 Å². The molecule has 0 saturated heterocycles. The molecule has 1 fully saturated rings. The van der Waals surface area contributed by atoms with Crippen LogP contribution >= 0.6 is 0 Å². The van der Waals surface area contributed by atoms with E-state index in [9.17, 15) is 14.4 Å². The van der Waals surface area contributed by atoms with Crippen LogP contribution in [0.25, 0.3) is 0 Å². The minimum absolute atomic E-state index is 0.0733. The number of carbonyl (C=O) groups excluding carboxylic acids is 3. The van der Waals surface area contributed by atoms with Gasteiger partial charge in [0.15, 0.2) is 0 Å². The highest BCUT2D eigenvalue weighted by atomic mass is 16.2. The number of benzene rings is 1. The molecule has 27 heavy (non-hydrogen) atoms. The second kappa shape index (κ2) is 8.44. The number of carbonyl (C=O) groups is 3. The van der Waals surface area contributed by atoms with Crippen LogP contribution in [0.2, 0.25) is 0 Å². The molecule has 0 unspecified atom stereocenters. The average molecular weight is 366 g/mol. The number of nitrogens with one attached hydrogen (secondary N) is 2. The lowest BCUT2D eigenvalue weighted by Crippen LogP contribution is -2.43. The topological polar surface area (TPSA) is 91.4 Å². The molecule has 1 aliphatic carbocycles. The van der Waals surface area contributed by atoms with Gasteiger partial charge in [0.2, 0.25) is 11.8 Å². The van der Waals surface area contributed by atoms with Crippen LogP contribution in [-0.4, -0.2) is 46.7 Å². The molecule has 2 aromatic rings. The summed E-state index contributed by atoms with van der Waals surface area (Å²) < 4.78 is 0. The minimum atomic E-state index is -0.362. The molecule has 0 atom stereocenters. The number of hydrogen-bond acceptors (Lipinski definition) is 4. The molecule has 0 radical (unpaired) electrons. The van der Waals surface area contributed by atoms with E-state index in [0.717, 1.165) is 18.4 Å². The number of anilines is 1. The molecule has 1 saturated carbocycles. The summed E-state index contributed by atoms with van der Waals surface area (Å²) in [4.78, 5) is 42.3. The van der Waals surface area contributed by atoms with Gasteiger partial charge < -0.3 is 15.5 Å². The van der Waals surface area contributed by atoms with Crippen molar-refractivity contribution < 1.29 is 14.4 Å². The Morgan fingerprint density at radius 2 is 1.96 bits per heavy atom. The maximum absolute atomic E-state index is 12.6. The molecule has 0 bridgehead atoms. The molecule has 1 heterocycles. The summed E-state index contributed by atoms with van der Waals surface area (Å²) in [6.45, 7) is 1.71. The Morgan fingerprint density at radius 1 is 1.15 bits per heavy atom. The van der Waals surface area contributed by atoms with E-state index in [2.05, 4.69) is 15.6 Å². The number of nitrogens with zero attached hydrogens (tertiary/aromatic N) is 2. The highest BCUT2D eigenvalue weighted by molar-refractivity contribution is 5.98. The first-order valence-electron chi connectivity index (χ1n) is 8.87. The Hall–Kier alpha value is -3.22. The molecule has 0 spiro atoms. The van der Waals surface area contributed by atoms with E-state index in [1.807, 2.05) is 25.1 Å². The fourth-order valence-corrected chi connectivity index (χ4v) is 2.73. The van der Waals surface area contributed by atoms with Crippen LogP contribution in [0.4, 0.5) is 5.69 Å². The zero-order chi connectivity index (χ0) is 19.2. The van der Waals surface area contributed by atoms with Gasteiger partial charge in [-0.05, 0) is 49.6 Å². The molecule has 140 valence electrons. The number of aryl methyl sites for hydroxylation is 1. The predicted octanol–water partition coefficient (Wildman–Crippen LogP) is 1.75. The minimum Gasteiger partial charge on any atom is -0.345 e. The molecule has 1 aromatic carbocycles. The van der Waals surface area contributed by atoms with Crippen LogP contribution in [0.1, 0.15) is 28.8 Å². The van der Waals surface area contributed by atoms with Gasteiger partial charge in [-0.15, -0.1) is 0 Å². The maximum atomic E-state index is 12.6. The third-order valence-corrected chi connectivity index (χ3v) is 4.22. The van der Waals surface area contributed by atoms with Gasteiger partial charge in [-0.1, -0.05) is 12.1 Å². The lowest BCUT2D eigenvalue weighted by Gasteiger charge is -2.21. The molecule has 1 aliphatic rings. The molecule has 3 amide bonds. The van der Waals surface area contributed by atoms with E-state index in [1.165, 1.54) is 6.20 Å². The van der Waals surface area contributed by atoms with Crippen molar-refractivity contribution >= 4 is 23.4 Å². The van der Waals surface area contributed by atoms with Crippen LogP contribution in [0, 0.1) is 6.92 Å². The summed E-state index contributed by atoms with van der Waals surface area (Å²) in [5.74, 6) is -0.894. The van der Waals surface area contributed by atoms with Crippen molar-refractivity contribution in [1.29, 1.82) is 0 Å². The predicted molar refractivity (Wildman–Crippen MR) is 101 cm³/mol. The van der Waals surface area contributed by atoms with Crippen molar-refractivity contribution in [3.63, 3.8) is 0 Å². The van der Waals surface area contributed by atoms with Crippen molar-refractivity contribution in [3.8, 4) is 0 Å². The van der Waals surface area contributed by atoms with Gasteiger partial charge in [0.1, 0.15) is 6.54 Å². The first-order chi connectivity index (χ1) is 13.0. The molecule has 3 rings (SSSR count). The second-order valence-electron chi connectivity index (χ2n) is 6.60. The van der Waals surface area contributed by atoms with Crippen molar-refractivity contribution in [1.82, 2.24) is 15.2 Å². The van der Waals surface area contributed by atoms with Gasteiger partial charge >= 0.3 is 0 Å². The van der Waals surface area contributed by atoms with E-state index >= 15 is 0 Å². The van der Waals surface area contributed by atoms with Crippen molar-refractivity contribution in [2.24, 2.45) is 0 Å².